The molecule has 1 heterocycles. The molecule has 1 aliphatic carbocycles. The smallest absolute Gasteiger partial charge is 0.133 e. The lowest BCUT2D eigenvalue weighted by Crippen LogP contribution is -2.05. The average Bonchev–Trinajstić information content (AvgIpc) is 2.71. The Morgan fingerprint density at radius 1 is 1.69 bits per heavy atom. The molecule has 1 aromatic rings. The first kappa shape index (κ1) is 8.48. The highest BCUT2D eigenvalue weighted by molar-refractivity contribution is 5.81. The number of rotatable bonds is 2. The fourth-order valence-electron chi connectivity index (χ4n) is 1.98. The van der Waals surface area contributed by atoms with Gasteiger partial charge in [0, 0.05) is 37.7 Å². The predicted octanol–water partition coefficient (Wildman–Crippen LogP) is 1.74. The molecule has 70 valence electrons. The van der Waals surface area contributed by atoms with Crippen LogP contribution in [0.15, 0.2) is 12.4 Å². The Labute approximate surface area is 77.8 Å². The van der Waals surface area contributed by atoms with Crippen molar-refractivity contribution in [1.29, 1.82) is 0 Å². The van der Waals surface area contributed by atoms with E-state index in [1.54, 1.807) is 0 Å². The van der Waals surface area contributed by atoms with Crippen molar-refractivity contribution in [2.45, 2.75) is 38.6 Å². The third kappa shape index (κ3) is 1.50. The van der Waals surface area contributed by atoms with E-state index in [-0.39, 0.29) is 0 Å². The van der Waals surface area contributed by atoms with Gasteiger partial charge in [-0.1, -0.05) is 0 Å². The van der Waals surface area contributed by atoms with Gasteiger partial charge in [-0.3, -0.25) is 4.79 Å². The van der Waals surface area contributed by atoms with Crippen LogP contribution in [-0.2, 0) is 11.3 Å². The number of aryl methyl sites for hydroxylation is 1. The molecule has 0 saturated heterocycles. The Hall–Kier alpha value is -1.12. The van der Waals surface area contributed by atoms with Gasteiger partial charge in [-0.25, -0.2) is 4.98 Å². The van der Waals surface area contributed by atoms with E-state index in [2.05, 4.69) is 16.5 Å². The monoisotopic (exact) mass is 178 g/mol. The first-order valence-corrected chi connectivity index (χ1v) is 4.84. The van der Waals surface area contributed by atoms with Crippen LogP contribution < -0.4 is 0 Å². The van der Waals surface area contributed by atoms with E-state index in [9.17, 15) is 4.79 Å². The van der Waals surface area contributed by atoms with Gasteiger partial charge in [0.05, 0.1) is 0 Å². The summed E-state index contributed by atoms with van der Waals surface area (Å²) in [6.07, 6.45) is 6.22. The summed E-state index contributed by atoms with van der Waals surface area (Å²) in [6.45, 7) is 3.04. The summed E-state index contributed by atoms with van der Waals surface area (Å²) in [6, 6.07) is 0. The molecule has 0 N–H and O–H groups in total. The summed E-state index contributed by atoms with van der Waals surface area (Å²) in [5, 5.41) is 0. The second kappa shape index (κ2) is 3.32. The predicted molar refractivity (Wildman–Crippen MR) is 49.5 cm³/mol. The molecule has 0 bridgehead atoms. The Balaban J connectivity index is 2.20. The van der Waals surface area contributed by atoms with E-state index in [0.29, 0.717) is 18.1 Å². The van der Waals surface area contributed by atoms with Crippen LogP contribution >= 0.6 is 0 Å². The molecule has 1 aromatic heterocycles. The van der Waals surface area contributed by atoms with Gasteiger partial charge in [0.2, 0.25) is 0 Å². The SMILES string of the molecule is CCn1ccnc1[C@@H]1CCC(=O)C1. The first-order chi connectivity index (χ1) is 6.31. The van der Waals surface area contributed by atoms with Crippen LogP contribution in [0.4, 0.5) is 0 Å². The molecule has 0 aromatic carbocycles. The van der Waals surface area contributed by atoms with Gasteiger partial charge in [-0.2, -0.15) is 0 Å². The van der Waals surface area contributed by atoms with E-state index >= 15 is 0 Å². The summed E-state index contributed by atoms with van der Waals surface area (Å²) in [4.78, 5) is 15.4. The summed E-state index contributed by atoms with van der Waals surface area (Å²) < 4.78 is 2.13. The quantitative estimate of drug-likeness (QED) is 0.691. The molecular weight excluding hydrogens is 164 g/mol. The number of ketones is 1. The Morgan fingerprint density at radius 2 is 2.54 bits per heavy atom. The fraction of sp³-hybridized carbons (Fsp3) is 0.600. The van der Waals surface area contributed by atoms with Crippen LogP contribution in [0.3, 0.4) is 0 Å². The molecule has 1 fully saturated rings. The summed E-state index contributed by atoms with van der Waals surface area (Å²) >= 11 is 0. The molecular formula is C10H14N2O. The lowest BCUT2D eigenvalue weighted by Gasteiger charge is -2.09. The summed E-state index contributed by atoms with van der Waals surface area (Å²) in [7, 11) is 0. The van der Waals surface area contributed by atoms with Crippen molar-refractivity contribution in [3.05, 3.63) is 18.2 Å². The number of Topliss-reactive ketones (excluding diaryl/α,β-unsaturated/α-hetero) is 1. The highest BCUT2D eigenvalue weighted by Gasteiger charge is 2.26. The van der Waals surface area contributed by atoms with Gasteiger partial charge in [0.25, 0.3) is 0 Å². The number of nitrogens with zero attached hydrogens (tertiary/aromatic N) is 2. The van der Waals surface area contributed by atoms with Crippen LogP contribution in [0, 0.1) is 0 Å². The molecule has 0 spiro atoms. The van der Waals surface area contributed by atoms with Gasteiger partial charge in [-0.15, -0.1) is 0 Å². The molecule has 13 heavy (non-hydrogen) atoms. The lowest BCUT2D eigenvalue weighted by atomic mass is 10.1. The maximum Gasteiger partial charge on any atom is 0.133 e. The van der Waals surface area contributed by atoms with Crippen LogP contribution in [0.1, 0.15) is 37.9 Å². The van der Waals surface area contributed by atoms with Crippen LogP contribution in [-0.4, -0.2) is 15.3 Å². The summed E-state index contributed by atoms with van der Waals surface area (Å²) in [5.41, 5.74) is 0. The number of imidazole rings is 1. The van der Waals surface area contributed by atoms with Crippen molar-refractivity contribution < 1.29 is 4.79 Å². The van der Waals surface area contributed by atoms with E-state index in [1.165, 1.54) is 0 Å². The maximum atomic E-state index is 11.1. The molecule has 0 amide bonds. The van der Waals surface area contributed by atoms with Crippen molar-refractivity contribution in [1.82, 2.24) is 9.55 Å². The molecule has 3 heteroatoms. The highest BCUT2D eigenvalue weighted by Crippen LogP contribution is 2.30. The Bertz CT molecular complexity index is 316. The Kier molecular flexibility index (Phi) is 2.17. The number of carbonyl (C=O) groups excluding carboxylic acids is 1. The van der Waals surface area contributed by atoms with Crippen molar-refractivity contribution in [3.63, 3.8) is 0 Å². The van der Waals surface area contributed by atoms with Crippen molar-refractivity contribution >= 4 is 5.78 Å². The number of hydrogen-bond acceptors (Lipinski definition) is 2. The first-order valence-electron chi connectivity index (χ1n) is 4.84. The molecule has 1 atom stereocenters. The van der Waals surface area contributed by atoms with Crippen LogP contribution in [0.5, 0.6) is 0 Å². The Morgan fingerprint density at radius 3 is 3.15 bits per heavy atom. The van der Waals surface area contributed by atoms with Crippen molar-refractivity contribution in [2.75, 3.05) is 0 Å². The molecule has 3 nitrogen and oxygen atoms in total. The number of hydrogen-bond donors (Lipinski definition) is 0. The second-order valence-corrected chi connectivity index (χ2v) is 3.55. The minimum absolute atomic E-state index is 0.377. The van der Waals surface area contributed by atoms with E-state index in [0.717, 1.165) is 25.2 Å². The minimum atomic E-state index is 0.377. The second-order valence-electron chi connectivity index (χ2n) is 3.55. The number of aromatic nitrogens is 2. The molecule has 0 aliphatic heterocycles. The zero-order valence-electron chi connectivity index (χ0n) is 7.86. The normalized spacial score (nSPS) is 22.5. The van der Waals surface area contributed by atoms with Gasteiger partial charge in [-0.05, 0) is 13.3 Å². The van der Waals surface area contributed by atoms with Crippen molar-refractivity contribution in [2.24, 2.45) is 0 Å². The van der Waals surface area contributed by atoms with Gasteiger partial charge < -0.3 is 4.57 Å². The zero-order valence-corrected chi connectivity index (χ0v) is 7.86. The number of carbonyl (C=O) groups is 1. The van der Waals surface area contributed by atoms with Crippen LogP contribution in [0.25, 0.3) is 0 Å². The van der Waals surface area contributed by atoms with Crippen LogP contribution in [0.2, 0.25) is 0 Å². The molecule has 2 rings (SSSR count). The van der Waals surface area contributed by atoms with E-state index < -0.39 is 0 Å². The minimum Gasteiger partial charge on any atom is -0.335 e. The largest absolute Gasteiger partial charge is 0.335 e. The third-order valence-electron chi connectivity index (χ3n) is 2.70. The highest BCUT2D eigenvalue weighted by atomic mass is 16.1. The summed E-state index contributed by atoms with van der Waals surface area (Å²) in [5.74, 6) is 1.85. The van der Waals surface area contributed by atoms with Gasteiger partial charge in [0.15, 0.2) is 0 Å². The van der Waals surface area contributed by atoms with Gasteiger partial charge >= 0.3 is 0 Å². The molecule has 0 radical (unpaired) electrons. The molecule has 1 saturated carbocycles. The average molecular weight is 178 g/mol. The van der Waals surface area contributed by atoms with E-state index in [4.69, 9.17) is 0 Å². The topological polar surface area (TPSA) is 34.9 Å². The molecule has 1 aliphatic rings. The van der Waals surface area contributed by atoms with Crippen molar-refractivity contribution in [3.8, 4) is 0 Å². The standard InChI is InChI=1S/C10H14N2O/c1-2-12-6-5-11-10(12)8-3-4-9(13)7-8/h5-6,8H,2-4,7H2,1H3/t8-/m1/s1. The third-order valence-corrected chi connectivity index (χ3v) is 2.70. The fourth-order valence-corrected chi connectivity index (χ4v) is 1.98. The molecule has 0 unspecified atom stereocenters. The zero-order chi connectivity index (χ0) is 9.26. The van der Waals surface area contributed by atoms with E-state index in [1.807, 2.05) is 12.4 Å². The van der Waals surface area contributed by atoms with Gasteiger partial charge in [0.1, 0.15) is 11.6 Å². The maximum absolute atomic E-state index is 11.1. The lowest BCUT2D eigenvalue weighted by molar-refractivity contribution is -0.117.